The van der Waals surface area contributed by atoms with Gasteiger partial charge in [0.1, 0.15) is 0 Å². The van der Waals surface area contributed by atoms with Crippen LogP contribution in [0.15, 0.2) is 47.4 Å². The molecule has 26 heavy (non-hydrogen) atoms. The summed E-state index contributed by atoms with van der Waals surface area (Å²) in [6, 6.07) is 11.7. The Hall–Kier alpha value is -1.69. The highest BCUT2D eigenvalue weighted by Gasteiger charge is 2.21. The van der Waals surface area contributed by atoms with Crippen molar-refractivity contribution in [2.24, 2.45) is 5.14 Å². The minimum absolute atomic E-state index is 0.0951. The standard InChI is InChI=1S/C17H18IN3O4S/c18-12-1-3-13(4-2-12)20-17(22)15-11-14(26(19,23)24)5-6-16(15)21-7-9-25-10-8-21/h1-6,11H,7-10H2,(H,20,22)(H2,19,23,24). The van der Waals surface area contributed by atoms with Gasteiger partial charge in [-0.3, -0.25) is 4.79 Å². The maximum absolute atomic E-state index is 12.8. The third-order valence-electron chi connectivity index (χ3n) is 4.00. The minimum Gasteiger partial charge on any atom is -0.378 e. The first-order valence-corrected chi connectivity index (χ1v) is 10.5. The van der Waals surface area contributed by atoms with E-state index in [4.69, 9.17) is 9.88 Å². The molecule has 2 aromatic rings. The van der Waals surface area contributed by atoms with Crippen LogP contribution in [0.1, 0.15) is 10.4 Å². The zero-order chi connectivity index (χ0) is 18.7. The highest BCUT2D eigenvalue weighted by Crippen LogP contribution is 2.26. The van der Waals surface area contributed by atoms with Gasteiger partial charge in [-0.15, -0.1) is 0 Å². The van der Waals surface area contributed by atoms with E-state index in [-0.39, 0.29) is 10.5 Å². The van der Waals surface area contributed by atoms with E-state index in [9.17, 15) is 13.2 Å². The van der Waals surface area contributed by atoms with Gasteiger partial charge >= 0.3 is 0 Å². The summed E-state index contributed by atoms with van der Waals surface area (Å²) < 4.78 is 29.8. The first-order valence-electron chi connectivity index (χ1n) is 7.91. The molecule has 1 amide bonds. The lowest BCUT2D eigenvalue weighted by Crippen LogP contribution is -2.37. The van der Waals surface area contributed by atoms with Crippen LogP contribution in [0, 0.1) is 3.57 Å². The lowest BCUT2D eigenvalue weighted by atomic mass is 10.1. The van der Waals surface area contributed by atoms with Gasteiger partial charge in [-0.2, -0.15) is 0 Å². The number of benzene rings is 2. The largest absolute Gasteiger partial charge is 0.378 e. The van der Waals surface area contributed by atoms with Crippen LogP contribution in [-0.4, -0.2) is 40.6 Å². The molecule has 1 aliphatic heterocycles. The van der Waals surface area contributed by atoms with Crippen LogP contribution >= 0.6 is 22.6 Å². The van der Waals surface area contributed by atoms with Crippen molar-refractivity contribution in [3.8, 4) is 0 Å². The lowest BCUT2D eigenvalue weighted by molar-refractivity contribution is 0.102. The Kier molecular flexibility index (Phi) is 5.80. The molecule has 7 nitrogen and oxygen atoms in total. The van der Waals surface area contributed by atoms with Gasteiger partial charge in [-0.25, -0.2) is 13.6 Å². The van der Waals surface area contributed by atoms with Crippen molar-refractivity contribution in [2.75, 3.05) is 36.5 Å². The molecule has 0 bridgehead atoms. The summed E-state index contributed by atoms with van der Waals surface area (Å²) in [7, 11) is -3.91. The highest BCUT2D eigenvalue weighted by molar-refractivity contribution is 14.1. The number of halogens is 1. The van der Waals surface area contributed by atoms with E-state index >= 15 is 0 Å². The molecule has 1 saturated heterocycles. The molecule has 0 unspecified atom stereocenters. The van der Waals surface area contributed by atoms with Crippen molar-refractivity contribution >= 4 is 49.9 Å². The number of sulfonamides is 1. The number of hydrogen-bond acceptors (Lipinski definition) is 5. The average Bonchev–Trinajstić information content (AvgIpc) is 2.63. The number of carbonyl (C=O) groups excluding carboxylic acids is 1. The topological polar surface area (TPSA) is 102 Å². The SMILES string of the molecule is NS(=O)(=O)c1ccc(N2CCOCC2)c(C(=O)Nc2ccc(I)cc2)c1. The van der Waals surface area contributed by atoms with Crippen molar-refractivity contribution < 1.29 is 17.9 Å². The van der Waals surface area contributed by atoms with Gasteiger partial charge in [-0.05, 0) is 65.1 Å². The second-order valence-corrected chi connectivity index (χ2v) is 8.59. The Bertz CT molecular complexity index is 910. The Morgan fingerprint density at radius 2 is 1.77 bits per heavy atom. The molecule has 2 aromatic carbocycles. The number of hydrogen-bond donors (Lipinski definition) is 2. The summed E-state index contributed by atoms with van der Waals surface area (Å²) in [4.78, 5) is 14.7. The minimum atomic E-state index is -3.91. The van der Waals surface area contributed by atoms with Crippen molar-refractivity contribution in [1.29, 1.82) is 0 Å². The fourth-order valence-corrected chi connectivity index (χ4v) is 3.59. The van der Waals surface area contributed by atoms with Crippen LogP contribution in [0.2, 0.25) is 0 Å². The molecule has 9 heteroatoms. The molecule has 1 heterocycles. The average molecular weight is 487 g/mol. The number of ether oxygens (including phenoxy) is 1. The van der Waals surface area contributed by atoms with Crippen molar-refractivity contribution in [3.63, 3.8) is 0 Å². The van der Waals surface area contributed by atoms with Crippen molar-refractivity contribution in [3.05, 3.63) is 51.6 Å². The smallest absolute Gasteiger partial charge is 0.257 e. The maximum atomic E-state index is 12.8. The van der Waals surface area contributed by atoms with Gasteiger partial charge in [0, 0.05) is 28.0 Å². The molecule has 0 spiro atoms. The molecular formula is C17H18IN3O4S. The summed E-state index contributed by atoms with van der Waals surface area (Å²) in [5.41, 5.74) is 1.55. The summed E-state index contributed by atoms with van der Waals surface area (Å²) >= 11 is 2.18. The predicted molar refractivity (Wildman–Crippen MR) is 108 cm³/mol. The van der Waals surface area contributed by atoms with Crippen LogP contribution in [0.25, 0.3) is 0 Å². The van der Waals surface area contributed by atoms with Crippen LogP contribution in [-0.2, 0) is 14.8 Å². The Morgan fingerprint density at radius 3 is 2.38 bits per heavy atom. The summed E-state index contributed by atoms with van der Waals surface area (Å²) in [6.45, 7) is 2.35. The molecule has 3 N–H and O–H groups in total. The molecule has 0 radical (unpaired) electrons. The summed E-state index contributed by atoms with van der Waals surface area (Å²) in [5.74, 6) is -0.391. The number of morpholine rings is 1. The molecule has 0 aromatic heterocycles. The van der Waals surface area contributed by atoms with Gasteiger partial charge < -0.3 is 15.0 Å². The van der Waals surface area contributed by atoms with E-state index in [0.29, 0.717) is 37.7 Å². The summed E-state index contributed by atoms with van der Waals surface area (Å²) in [5, 5.41) is 8.04. The second-order valence-electron chi connectivity index (χ2n) is 5.78. The Balaban J connectivity index is 1.97. The third kappa shape index (κ3) is 4.53. The van der Waals surface area contributed by atoms with E-state index in [2.05, 4.69) is 27.9 Å². The van der Waals surface area contributed by atoms with Gasteiger partial charge in [-0.1, -0.05) is 0 Å². The number of nitrogens with one attached hydrogen (secondary N) is 1. The van der Waals surface area contributed by atoms with Crippen LogP contribution in [0.4, 0.5) is 11.4 Å². The Morgan fingerprint density at radius 1 is 1.12 bits per heavy atom. The molecule has 3 rings (SSSR count). The molecule has 0 atom stereocenters. The molecule has 0 saturated carbocycles. The van der Waals surface area contributed by atoms with E-state index in [1.807, 2.05) is 17.0 Å². The number of amides is 1. The van der Waals surface area contributed by atoms with E-state index in [1.165, 1.54) is 12.1 Å². The molecule has 1 aliphatic rings. The number of anilines is 2. The van der Waals surface area contributed by atoms with Gasteiger partial charge in [0.05, 0.1) is 23.7 Å². The first kappa shape index (κ1) is 19.1. The maximum Gasteiger partial charge on any atom is 0.257 e. The lowest BCUT2D eigenvalue weighted by Gasteiger charge is -2.30. The summed E-state index contributed by atoms with van der Waals surface area (Å²) in [6.07, 6.45) is 0. The van der Waals surface area contributed by atoms with Crippen LogP contribution in [0.5, 0.6) is 0 Å². The van der Waals surface area contributed by atoms with E-state index in [0.717, 1.165) is 3.57 Å². The third-order valence-corrected chi connectivity index (χ3v) is 5.63. The van der Waals surface area contributed by atoms with E-state index in [1.54, 1.807) is 18.2 Å². The highest BCUT2D eigenvalue weighted by atomic mass is 127. The van der Waals surface area contributed by atoms with E-state index < -0.39 is 15.9 Å². The van der Waals surface area contributed by atoms with Crippen molar-refractivity contribution in [1.82, 2.24) is 0 Å². The zero-order valence-electron chi connectivity index (χ0n) is 13.8. The van der Waals surface area contributed by atoms with Gasteiger partial charge in [0.15, 0.2) is 0 Å². The molecule has 0 aliphatic carbocycles. The molecule has 1 fully saturated rings. The van der Waals surface area contributed by atoms with Crippen molar-refractivity contribution in [2.45, 2.75) is 4.90 Å². The number of rotatable bonds is 4. The fourth-order valence-electron chi connectivity index (χ4n) is 2.69. The molecular weight excluding hydrogens is 469 g/mol. The van der Waals surface area contributed by atoms with Gasteiger partial charge in [0.25, 0.3) is 5.91 Å². The number of primary sulfonamides is 1. The quantitative estimate of drug-likeness (QED) is 0.643. The predicted octanol–water partition coefficient (Wildman–Crippen LogP) is 2.03. The zero-order valence-corrected chi connectivity index (χ0v) is 16.8. The molecule has 138 valence electrons. The number of nitrogens with zero attached hydrogens (tertiary/aromatic N) is 1. The van der Waals surface area contributed by atoms with Crippen LogP contribution < -0.4 is 15.4 Å². The first-order chi connectivity index (χ1) is 12.3. The monoisotopic (exact) mass is 487 g/mol. The second kappa shape index (κ2) is 7.91. The normalized spacial score (nSPS) is 14.9. The van der Waals surface area contributed by atoms with Crippen LogP contribution in [0.3, 0.4) is 0 Å². The number of nitrogens with two attached hydrogens (primary N) is 1. The Labute approximate surface area is 165 Å². The number of carbonyl (C=O) groups is 1. The van der Waals surface area contributed by atoms with Gasteiger partial charge in [0.2, 0.25) is 10.0 Å². The fraction of sp³-hybridized carbons (Fsp3) is 0.235.